The Morgan fingerprint density at radius 3 is 1.97 bits per heavy atom. The number of halogens is 3. The van der Waals surface area contributed by atoms with E-state index in [0.717, 1.165) is 0 Å². The Hall–Kier alpha value is -2.46. The fourth-order valence-corrected chi connectivity index (χ4v) is 3.80. The minimum Gasteiger partial charge on any atom is -0.463 e. The Bertz CT molecular complexity index is 906. The molecule has 1 N–H and O–H groups in total. The van der Waals surface area contributed by atoms with Gasteiger partial charge < -0.3 is 23.7 Å². The molecular formula is C16H17F3O12S. The van der Waals surface area contributed by atoms with E-state index in [9.17, 15) is 40.8 Å². The molecule has 180 valence electrons. The van der Waals surface area contributed by atoms with Crippen molar-refractivity contribution in [3.8, 4) is 0 Å². The minimum atomic E-state index is -6.25. The predicted octanol–water partition coefficient (Wildman–Crippen LogP) is -0.704. The third-order valence-corrected chi connectivity index (χ3v) is 5.93. The van der Waals surface area contributed by atoms with Crippen molar-refractivity contribution in [2.24, 2.45) is 5.92 Å². The summed E-state index contributed by atoms with van der Waals surface area (Å²) in [6.07, 6.45) is -11.7. The van der Waals surface area contributed by atoms with E-state index in [1.54, 1.807) is 0 Å². The average Bonchev–Trinajstić information content (AvgIpc) is 3.41. The lowest BCUT2D eigenvalue weighted by atomic mass is 9.93. The second-order valence-corrected chi connectivity index (χ2v) is 8.64. The van der Waals surface area contributed by atoms with E-state index in [-0.39, 0.29) is 26.1 Å². The molecule has 0 spiro atoms. The molecular weight excluding hydrogens is 473 g/mol. The second kappa shape index (κ2) is 8.82. The van der Waals surface area contributed by atoms with Crippen molar-refractivity contribution < 1.29 is 69.0 Å². The zero-order valence-corrected chi connectivity index (χ0v) is 16.8. The molecule has 3 saturated heterocycles. The van der Waals surface area contributed by atoms with Crippen LogP contribution in [0.1, 0.15) is 19.3 Å². The first-order chi connectivity index (χ1) is 14.8. The Morgan fingerprint density at radius 2 is 1.53 bits per heavy atom. The molecule has 0 aromatic heterocycles. The monoisotopic (exact) mass is 490 g/mol. The maximum Gasteiger partial charge on any atom is 0.400 e. The number of esters is 4. The van der Waals surface area contributed by atoms with Crippen LogP contribution in [0.25, 0.3) is 0 Å². The SMILES string of the molecule is O=C1OCCC1OC(=O)C1CC(C(F)C(F)(F)S(=O)(=O)O)C(C(=O)OC2CCOC2=O)O1. The van der Waals surface area contributed by atoms with Crippen molar-refractivity contribution in [3.63, 3.8) is 0 Å². The van der Waals surface area contributed by atoms with E-state index in [1.165, 1.54) is 0 Å². The van der Waals surface area contributed by atoms with Crippen molar-refractivity contribution in [2.75, 3.05) is 13.2 Å². The van der Waals surface area contributed by atoms with Crippen LogP contribution in [0.5, 0.6) is 0 Å². The number of alkyl halides is 3. The molecule has 32 heavy (non-hydrogen) atoms. The van der Waals surface area contributed by atoms with E-state index in [1.807, 2.05) is 0 Å². The second-order valence-electron chi connectivity index (χ2n) is 7.15. The first kappa shape index (κ1) is 24.2. The summed E-state index contributed by atoms with van der Waals surface area (Å²) in [5, 5.41) is -5.36. The molecule has 0 aliphatic carbocycles. The first-order valence-corrected chi connectivity index (χ1v) is 10.7. The summed E-state index contributed by atoms with van der Waals surface area (Å²) < 4.78 is 96.7. The highest BCUT2D eigenvalue weighted by Crippen LogP contribution is 2.41. The number of carbonyl (C=O) groups is 4. The Labute approximate surface area is 178 Å². The van der Waals surface area contributed by atoms with Crippen LogP contribution in [-0.4, -0.2) is 85.9 Å². The molecule has 0 bridgehead atoms. The molecule has 3 aliphatic rings. The van der Waals surface area contributed by atoms with Crippen LogP contribution < -0.4 is 0 Å². The standard InChI is InChI=1S/C16H17F3O12S/c17-11(16(18,19)32(24,25)26)6-5-9(14(22)30-7-1-3-27-12(7)20)29-10(6)15(23)31-8-2-4-28-13(8)21/h6-11H,1-5H2,(H,24,25,26). The smallest absolute Gasteiger partial charge is 0.400 e. The molecule has 0 radical (unpaired) electrons. The Morgan fingerprint density at radius 1 is 1.03 bits per heavy atom. The number of rotatable bonds is 7. The van der Waals surface area contributed by atoms with E-state index in [2.05, 4.69) is 9.47 Å². The van der Waals surface area contributed by atoms with Crippen molar-refractivity contribution in [3.05, 3.63) is 0 Å². The highest BCUT2D eigenvalue weighted by molar-refractivity contribution is 7.86. The van der Waals surface area contributed by atoms with Crippen LogP contribution in [0.2, 0.25) is 0 Å². The van der Waals surface area contributed by atoms with Crippen LogP contribution >= 0.6 is 0 Å². The van der Waals surface area contributed by atoms with Gasteiger partial charge in [-0.3, -0.25) is 4.55 Å². The number of cyclic esters (lactones) is 2. The summed E-state index contributed by atoms with van der Waals surface area (Å²) in [5.74, 6) is -7.00. The van der Waals surface area contributed by atoms with Gasteiger partial charge in [0, 0.05) is 18.8 Å². The van der Waals surface area contributed by atoms with Crippen molar-refractivity contribution >= 4 is 34.0 Å². The third-order valence-electron chi connectivity index (χ3n) is 5.01. The predicted molar refractivity (Wildman–Crippen MR) is 89.1 cm³/mol. The van der Waals surface area contributed by atoms with Crippen molar-refractivity contribution in [2.45, 2.75) is 55.1 Å². The maximum absolute atomic E-state index is 14.6. The topological polar surface area (TPSA) is 169 Å². The third kappa shape index (κ3) is 4.66. The lowest BCUT2D eigenvalue weighted by molar-refractivity contribution is -0.178. The van der Waals surface area contributed by atoms with Gasteiger partial charge in [-0.15, -0.1) is 0 Å². The molecule has 0 aromatic carbocycles. The van der Waals surface area contributed by atoms with Crippen LogP contribution in [0.15, 0.2) is 0 Å². The van der Waals surface area contributed by atoms with E-state index in [4.69, 9.17) is 18.8 Å². The van der Waals surface area contributed by atoms with Crippen LogP contribution in [0.3, 0.4) is 0 Å². The lowest BCUT2D eigenvalue weighted by Crippen LogP contribution is -2.47. The van der Waals surface area contributed by atoms with Gasteiger partial charge in [-0.2, -0.15) is 17.2 Å². The van der Waals surface area contributed by atoms with Gasteiger partial charge in [0.25, 0.3) is 0 Å². The summed E-state index contributed by atoms with van der Waals surface area (Å²) in [5.41, 5.74) is 0. The highest BCUT2D eigenvalue weighted by Gasteiger charge is 2.61. The largest absolute Gasteiger partial charge is 0.463 e. The van der Waals surface area contributed by atoms with Gasteiger partial charge >= 0.3 is 39.2 Å². The molecule has 12 nitrogen and oxygen atoms in total. The van der Waals surface area contributed by atoms with Gasteiger partial charge in [-0.25, -0.2) is 23.6 Å². The van der Waals surface area contributed by atoms with Crippen LogP contribution in [-0.2, 0) is 53.0 Å². The van der Waals surface area contributed by atoms with E-state index >= 15 is 0 Å². The van der Waals surface area contributed by atoms with Gasteiger partial charge in [-0.1, -0.05) is 0 Å². The molecule has 3 fully saturated rings. The number of ether oxygens (including phenoxy) is 5. The lowest BCUT2D eigenvalue weighted by Gasteiger charge is -2.25. The van der Waals surface area contributed by atoms with E-state index in [0.29, 0.717) is 0 Å². The number of hydrogen-bond donors (Lipinski definition) is 1. The van der Waals surface area contributed by atoms with Crippen LogP contribution in [0, 0.1) is 5.92 Å². The summed E-state index contributed by atoms with van der Waals surface area (Å²) >= 11 is 0. The summed E-state index contributed by atoms with van der Waals surface area (Å²) in [7, 11) is -6.25. The van der Waals surface area contributed by atoms with E-state index < -0.39 is 82.2 Å². The summed E-state index contributed by atoms with van der Waals surface area (Å²) in [4.78, 5) is 47.6. The normalized spacial score (nSPS) is 31.7. The molecule has 6 unspecified atom stereocenters. The molecule has 0 amide bonds. The first-order valence-electron chi connectivity index (χ1n) is 9.21. The van der Waals surface area contributed by atoms with Gasteiger partial charge in [-0.05, 0) is 6.42 Å². The Kier molecular flexibility index (Phi) is 6.67. The molecule has 0 saturated carbocycles. The van der Waals surface area contributed by atoms with Gasteiger partial charge in [0.1, 0.15) is 0 Å². The quantitative estimate of drug-likeness (QED) is 0.271. The fraction of sp³-hybridized carbons (Fsp3) is 0.750. The molecule has 16 heteroatoms. The summed E-state index contributed by atoms with van der Waals surface area (Å²) in [6, 6.07) is 0. The maximum atomic E-state index is 14.6. The molecule has 0 aromatic rings. The zero-order chi connectivity index (χ0) is 23.8. The number of hydrogen-bond acceptors (Lipinski definition) is 11. The molecule has 3 aliphatic heterocycles. The molecule has 3 heterocycles. The zero-order valence-electron chi connectivity index (χ0n) is 16.0. The average molecular weight is 490 g/mol. The Balaban J connectivity index is 1.80. The molecule has 6 atom stereocenters. The highest BCUT2D eigenvalue weighted by atomic mass is 32.2. The van der Waals surface area contributed by atoms with Crippen molar-refractivity contribution in [1.29, 1.82) is 0 Å². The molecule has 3 rings (SSSR count). The van der Waals surface area contributed by atoms with Gasteiger partial charge in [0.15, 0.2) is 18.4 Å². The minimum absolute atomic E-state index is 0.0114. The van der Waals surface area contributed by atoms with Crippen molar-refractivity contribution in [1.82, 2.24) is 0 Å². The van der Waals surface area contributed by atoms with Gasteiger partial charge in [0.2, 0.25) is 12.2 Å². The summed E-state index contributed by atoms with van der Waals surface area (Å²) in [6.45, 7) is -0.158. The fourth-order valence-electron chi connectivity index (χ4n) is 3.34. The number of carbonyl (C=O) groups excluding carboxylic acids is 4. The van der Waals surface area contributed by atoms with Crippen LogP contribution in [0.4, 0.5) is 13.2 Å². The van der Waals surface area contributed by atoms with Gasteiger partial charge in [0.05, 0.1) is 13.2 Å².